The predicted octanol–water partition coefficient (Wildman–Crippen LogP) is 1.19. The van der Waals surface area contributed by atoms with E-state index in [-0.39, 0.29) is 22.8 Å². The normalized spacial score (nSPS) is 10.5. The zero-order valence-corrected chi connectivity index (χ0v) is 10.5. The molecule has 0 saturated carbocycles. The van der Waals surface area contributed by atoms with E-state index in [1.807, 2.05) is 0 Å². The summed E-state index contributed by atoms with van der Waals surface area (Å²) in [5.74, 6) is -0.675. The standard InChI is InChI=1S/C13H8N4O4/c18-10-5-4-9(15-16-10)12-14-11(17-21-12)7-2-1-3-8(6-7)13(19)20/h1-6H,(H,16,18)(H,19,20). The van der Waals surface area contributed by atoms with Crippen molar-refractivity contribution in [2.75, 3.05) is 0 Å². The Morgan fingerprint density at radius 1 is 1.24 bits per heavy atom. The summed E-state index contributed by atoms with van der Waals surface area (Å²) in [4.78, 5) is 26.0. The maximum absolute atomic E-state index is 10.9. The van der Waals surface area contributed by atoms with E-state index in [1.54, 1.807) is 12.1 Å². The average Bonchev–Trinajstić information content (AvgIpc) is 2.98. The van der Waals surface area contributed by atoms with Crippen molar-refractivity contribution >= 4 is 5.97 Å². The molecule has 8 heteroatoms. The van der Waals surface area contributed by atoms with Crippen molar-refractivity contribution in [2.24, 2.45) is 0 Å². The summed E-state index contributed by atoms with van der Waals surface area (Å²) >= 11 is 0. The minimum Gasteiger partial charge on any atom is -0.478 e. The van der Waals surface area contributed by atoms with E-state index in [9.17, 15) is 9.59 Å². The first kappa shape index (κ1) is 12.7. The maximum atomic E-state index is 10.9. The van der Waals surface area contributed by atoms with Crippen LogP contribution in [0.1, 0.15) is 10.4 Å². The first-order valence-electron chi connectivity index (χ1n) is 5.87. The van der Waals surface area contributed by atoms with Gasteiger partial charge in [-0.3, -0.25) is 4.79 Å². The van der Waals surface area contributed by atoms with E-state index in [2.05, 4.69) is 20.3 Å². The van der Waals surface area contributed by atoms with E-state index in [4.69, 9.17) is 9.63 Å². The predicted molar refractivity (Wildman–Crippen MR) is 70.5 cm³/mol. The van der Waals surface area contributed by atoms with Crippen molar-refractivity contribution < 1.29 is 14.4 Å². The van der Waals surface area contributed by atoms with E-state index in [1.165, 1.54) is 24.3 Å². The molecule has 0 aliphatic carbocycles. The van der Waals surface area contributed by atoms with Gasteiger partial charge in [0.25, 0.3) is 11.4 Å². The summed E-state index contributed by atoms with van der Waals surface area (Å²) in [7, 11) is 0. The van der Waals surface area contributed by atoms with Crippen LogP contribution in [0.25, 0.3) is 23.0 Å². The van der Waals surface area contributed by atoms with Gasteiger partial charge in [-0.25, -0.2) is 9.89 Å². The third kappa shape index (κ3) is 2.54. The fourth-order valence-electron chi connectivity index (χ4n) is 1.70. The second-order valence-electron chi connectivity index (χ2n) is 4.12. The molecule has 0 radical (unpaired) electrons. The summed E-state index contributed by atoms with van der Waals surface area (Å²) in [6.07, 6.45) is 0. The fraction of sp³-hybridized carbons (Fsp3) is 0. The molecule has 0 amide bonds. The molecule has 21 heavy (non-hydrogen) atoms. The number of rotatable bonds is 3. The van der Waals surface area contributed by atoms with Crippen molar-refractivity contribution in [1.29, 1.82) is 0 Å². The molecule has 3 rings (SSSR count). The van der Waals surface area contributed by atoms with Crippen molar-refractivity contribution in [3.05, 3.63) is 52.3 Å². The van der Waals surface area contributed by atoms with E-state index >= 15 is 0 Å². The average molecular weight is 284 g/mol. The van der Waals surface area contributed by atoms with Crippen LogP contribution in [0.4, 0.5) is 0 Å². The molecule has 2 N–H and O–H groups in total. The summed E-state index contributed by atoms with van der Waals surface area (Å²) in [5.41, 5.74) is 0.616. The van der Waals surface area contributed by atoms with Gasteiger partial charge < -0.3 is 9.63 Å². The molecule has 3 aromatic rings. The molecule has 0 aliphatic heterocycles. The minimum atomic E-state index is -1.04. The highest BCUT2D eigenvalue weighted by Gasteiger charge is 2.13. The first-order chi connectivity index (χ1) is 10.1. The smallest absolute Gasteiger partial charge is 0.335 e. The third-order valence-corrected chi connectivity index (χ3v) is 2.69. The molecular weight excluding hydrogens is 276 g/mol. The molecule has 0 bridgehead atoms. The number of H-pyrrole nitrogens is 1. The number of aromatic nitrogens is 4. The van der Waals surface area contributed by atoms with Gasteiger partial charge in [-0.1, -0.05) is 17.3 Å². The number of aromatic amines is 1. The minimum absolute atomic E-state index is 0.126. The lowest BCUT2D eigenvalue weighted by Gasteiger charge is -1.96. The van der Waals surface area contributed by atoms with Crippen molar-refractivity contribution in [3.63, 3.8) is 0 Å². The maximum Gasteiger partial charge on any atom is 0.335 e. The van der Waals surface area contributed by atoms with Crippen molar-refractivity contribution in [3.8, 4) is 23.0 Å². The van der Waals surface area contributed by atoms with Crippen LogP contribution in [0.15, 0.2) is 45.7 Å². The van der Waals surface area contributed by atoms with Crippen molar-refractivity contribution in [2.45, 2.75) is 0 Å². The second kappa shape index (κ2) is 5.00. The molecule has 2 heterocycles. The molecule has 0 spiro atoms. The number of hydrogen-bond acceptors (Lipinski definition) is 6. The molecule has 2 aromatic heterocycles. The number of nitrogens with zero attached hydrogens (tertiary/aromatic N) is 3. The number of carboxylic acids is 1. The second-order valence-corrected chi connectivity index (χ2v) is 4.12. The van der Waals surface area contributed by atoms with Gasteiger partial charge in [0.2, 0.25) is 5.82 Å². The topological polar surface area (TPSA) is 122 Å². The fourth-order valence-corrected chi connectivity index (χ4v) is 1.70. The van der Waals surface area contributed by atoms with Gasteiger partial charge in [0.05, 0.1) is 5.56 Å². The monoisotopic (exact) mass is 284 g/mol. The lowest BCUT2D eigenvalue weighted by atomic mass is 10.1. The molecule has 0 fully saturated rings. The van der Waals surface area contributed by atoms with E-state index < -0.39 is 5.97 Å². The Labute approximate surface area is 117 Å². The van der Waals surface area contributed by atoms with Gasteiger partial charge in [0.15, 0.2) is 0 Å². The molecule has 0 aliphatic rings. The number of nitrogens with one attached hydrogen (secondary N) is 1. The van der Waals surface area contributed by atoms with Crippen LogP contribution in [0.3, 0.4) is 0 Å². The number of carbonyl (C=O) groups is 1. The highest BCUT2D eigenvalue weighted by molar-refractivity contribution is 5.89. The Morgan fingerprint density at radius 2 is 2.10 bits per heavy atom. The molecule has 8 nitrogen and oxygen atoms in total. The Balaban J connectivity index is 1.98. The number of benzene rings is 1. The summed E-state index contributed by atoms with van der Waals surface area (Å²) in [5, 5.41) is 18.8. The van der Waals surface area contributed by atoms with E-state index in [0.29, 0.717) is 11.3 Å². The zero-order valence-electron chi connectivity index (χ0n) is 10.5. The lowest BCUT2D eigenvalue weighted by molar-refractivity contribution is 0.0697. The third-order valence-electron chi connectivity index (χ3n) is 2.69. The summed E-state index contributed by atoms with van der Waals surface area (Å²) < 4.78 is 5.05. The van der Waals surface area contributed by atoms with Gasteiger partial charge in [-0.2, -0.15) is 10.1 Å². The van der Waals surface area contributed by atoms with Gasteiger partial charge in [0, 0.05) is 11.6 Å². The Kier molecular flexibility index (Phi) is 3.03. The highest BCUT2D eigenvalue weighted by Crippen LogP contribution is 2.20. The van der Waals surface area contributed by atoms with Crippen LogP contribution in [-0.2, 0) is 0 Å². The lowest BCUT2D eigenvalue weighted by Crippen LogP contribution is -2.05. The number of hydrogen-bond donors (Lipinski definition) is 2. The van der Waals surface area contributed by atoms with Gasteiger partial charge in [0.1, 0.15) is 5.69 Å². The van der Waals surface area contributed by atoms with Crippen molar-refractivity contribution in [1.82, 2.24) is 20.3 Å². The van der Waals surface area contributed by atoms with Gasteiger partial charge in [-0.05, 0) is 18.2 Å². The molecule has 0 unspecified atom stereocenters. The summed E-state index contributed by atoms with van der Waals surface area (Å²) in [6, 6.07) is 8.91. The Hall–Kier alpha value is -3.29. The van der Waals surface area contributed by atoms with E-state index in [0.717, 1.165) is 0 Å². The van der Waals surface area contributed by atoms with Crippen LogP contribution in [0, 0.1) is 0 Å². The molecule has 0 saturated heterocycles. The number of carboxylic acid groups (broad SMARTS) is 1. The Morgan fingerprint density at radius 3 is 2.81 bits per heavy atom. The van der Waals surface area contributed by atoms with Crippen LogP contribution < -0.4 is 5.56 Å². The number of aromatic carboxylic acids is 1. The van der Waals surface area contributed by atoms with Gasteiger partial charge >= 0.3 is 5.97 Å². The SMILES string of the molecule is O=C(O)c1cccc(-c2noc(-c3ccc(=O)[nH]n3)n2)c1. The van der Waals surface area contributed by atoms with Crippen LogP contribution >= 0.6 is 0 Å². The molecule has 1 aromatic carbocycles. The first-order valence-corrected chi connectivity index (χ1v) is 5.87. The zero-order chi connectivity index (χ0) is 14.8. The largest absolute Gasteiger partial charge is 0.478 e. The molecular formula is C13H8N4O4. The van der Waals surface area contributed by atoms with Crippen LogP contribution in [0.2, 0.25) is 0 Å². The van der Waals surface area contributed by atoms with Gasteiger partial charge in [-0.15, -0.1) is 0 Å². The quantitative estimate of drug-likeness (QED) is 0.740. The Bertz CT molecular complexity index is 848. The summed E-state index contributed by atoms with van der Waals surface area (Å²) in [6.45, 7) is 0. The highest BCUT2D eigenvalue weighted by atomic mass is 16.5. The molecule has 0 atom stereocenters. The molecule has 104 valence electrons. The van der Waals surface area contributed by atoms with Crippen LogP contribution in [-0.4, -0.2) is 31.4 Å². The van der Waals surface area contributed by atoms with Crippen LogP contribution in [0.5, 0.6) is 0 Å².